The Bertz CT molecular complexity index is 716. The fraction of sp³-hybridized carbons (Fsp3) is 0.154. The number of benzene rings is 1. The Kier molecular flexibility index (Phi) is 4.10. The Balaban J connectivity index is 2.19. The Morgan fingerprint density at radius 3 is 2.60 bits per heavy atom. The van der Waals surface area contributed by atoms with Crippen LogP contribution in [0.5, 0.6) is 0 Å². The average Bonchev–Trinajstić information content (AvgIpc) is 2.41. The lowest BCUT2D eigenvalue weighted by atomic mass is 10.2. The van der Waals surface area contributed by atoms with Gasteiger partial charge in [0.2, 0.25) is 10.0 Å². The maximum atomic E-state index is 13.5. The van der Waals surface area contributed by atoms with E-state index in [4.69, 9.17) is 0 Å². The minimum Gasteiger partial charge on any atom is -0.261 e. The molecule has 1 aromatic carbocycles. The number of hydrogen-bond acceptors (Lipinski definition) is 3. The van der Waals surface area contributed by atoms with Crippen molar-refractivity contribution in [2.75, 3.05) is 0 Å². The van der Waals surface area contributed by atoms with E-state index >= 15 is 0 Å². The van der Waals surface area contributed by atoms with E-state index in [0.717, 1.165) is 23.9 Å². The van der Waals surface area contributed by atoms with Crippen LogP contribution in [0.25, 0.3) is 0 Å². The molecular formula is C13H12F2N2O2S. The zero-order valence-electron chi connectivity index (χ0n) is 10.6. The van der Waals surface area contributed by atoms with Crippen LogP contribution in [0.4, 0.5) is 8.78 Å². The van der Waals surface area contributed by atoms with E-state index < -0.39 is 26.6 Å². The molecule has 1 N–H and O–H groups in total. The molecule has 0 aliphatic carbocycles. The molecule has 0 atom stereocenters. The molecule has 0 radical (unpaired) electrons. The van der Waals surface area contributed by atoms with Crippen molar-refractivity contribution < 1.29 is 17.2 Å². The highest BCUT2D eigenvalue weighted by Crippen LogP contribution is 2.17. The number of aryl methyl sites for hydroxylation is 1. The lowest BCUT2D eigenvalue weighted by Crippen LogP contribution is -2.24. The first-order chi connectivity index (χ1) is 9.40. The predicted octanol–water partition coefficient (Wildman–Crippen LogP) is 2.15. The first-order valence-electron chi connectivity index (χ1n) is 5.75. The van der Waals surface area contributed by atoms with Crippen molar-refractivity contribution in [3.05, 3.63) is 59.4 Å². The molecule has 1 heterocycles. The lowest BCUT2D eigenvalue weighted by Gasteiger charge is -2.08. The Labute approximate surface area is 115 Å². The van der Waals surface area contributed by atoms with Crippen molar-refractivity contribution in [1.82, 2.24) is 9.71 Å². The van der Waals surface area contributed by atoms with Gasteiger partial charge in [0.15, 0.2) is 11.6 Å². The first kappa shape index (κ1) is 14.5. The van der Waals surface area contributed by atoms with Crippen molar-refractivity contribution in [3.8, 4) is 0 Å². The van der Waals surface area contributed by atoms with Crippen LogP contribution in [0.3, 0.4) is 0 Å². The van der Waals surface area contributed by atoms with Crippen LogP contribution in [0.2, 0.25) is 0 Å². The molecule has 2 aromatic rings. The van der Waals surface area contributed by atoms with Gasteiger partial charge in [0, 0.05) is 18.4 Å². The van der Waals surface area contributed by atoms with E-state index in [1.165, 1.54) is 6.20 Å². The van der Waals surface area contributed by atoms with Gasteiger partial charge in [-0.1, -0.05) is 12.1 Å². The van der Waals surface area contributed by atoms with Crippen molar-refractivity contribution in [2.45, 2.75) is 18.4 Å². The van der Waals surface area contributed by atoms with Gasteiger partial charge in [-0.25, -0.2) is 21.9 Å². The van der Waals surface area contributed by atoms with E-state index in [-0.39, 0.29) is 6.54 Å². The third-order valence-corrected chi connectivity index (χ3v) is 4.06. The summed E-state index contributed by atoms with van der Waals surface area (Å²) in [5, 5.41) is 0. The molecule has 0 aliphatic heterocycles. The highest BCUT2D eigenvalue weighted by atomic mass is 32.2. The molecule has 0 amide bonds. The van der Waals surface area contributed by atoms with E-state index in [1.54, 1.807) is 19.1 Å². The zero-order chi connectivity index (χ0) is 14.8. The van der Waals surface area contributed by atoms with Crippen molar-refractivity contribution in [3.63, 3.8) is 0 Å². The summed E-state index contributed by atoms with van der Waals surface area (Å²) in [6.07, 6.45) is 1.51. The maximum Gasteiger partial charge on any atom is 0.243 e. The summed E-state index contributed by atoms with van der Waals surface area (Å²) in [6, 6.07) is 6.44. The molecular weight excluding hydrogens is 286 g/mol. The molecule has 106 valence electrons. The Morgan fingerprint density at radius 1 is 1.20 bits per heavy atom. The predicted molar refractivity (Wildman–Crippen MR) is 69.4 cm³/mol. The van der Waals surface area contributed by atoms with E-state index in [2.05, 4.69) is 9.71 Å². The van der Waals surface area contributed by atoms with Gasteiger partial charge in [-0.2, -0.15) is 0 Å². The lowest BCUT2D eigenvalue weighted by molar-refractivity contribution is 0.483. The summed E-state index contributed by atoms with van der Waals surface area (Å²) in [4.78, 5) is 3.30. The molecule has 7 heteroatoms. The van der Waals surface area contributed by atoms with Gasteiger partial charge >= 0.3 is 0 Å². The SMILES string of the molecule is Cc1ccc(CNS(=O)(=O)c2cccc(F)c2F)cn1. The minimum absolute atomic E-state index is 0.0500. The van der Waals surface area contributed by atoms with E-state index in [0.29, 0.717) is 5.56 Å². The van der Waals surface area contributed by atoms with Gasteiger partial charge in [0.1, 0.15) is 4.90 Å². The fourth-order valence-electron chi connectivity index (χ4n) is 1.55. The molecule has 0 aliphatic rings. The van der Waals surface area contributed by atoms with Crippen molar-refractivity contribution in [2.24, 2.45) is 0 Å². The molecule has 1 aromatic heterocycles. The molecule has 0 bridgehead atoms. The van der Waals surface area contributed by atoms with Crippen LogP contribution >= 0.6 is 0 Å². The Hall–Kier alpha value is -1.86. The number of nitrogens with zero attached hydrogens (tertiary/aromatic N) is 1. The van der Waals surface area contributed by atoms with Crippen LogP contribution in [-0.2, 0) is 16.6 Å². The number of aromatic nitrogens is 1. The topological polar surface area (TPSA) is 59.1 Å². The monoisotopic (exact) mass is 298 g/mol. The van der Waals surface area contributed by atoms with Crippen molar-refractivity contribution in [1.29, 1.82) is 0 Å². The molecule has 0 saturated carbocycles. The summed E-state index contributed by atoms with van der Waals surface area (Å²) in [5.74, 6) is -2.59. The number of hydrogen-bond donors (Lipinski definition) is 1. The molecule has 0 fully saturated rings. The van der Waals surface area contributed by atoms with Crippen LogP contribution < -0.4 is 4.72 Å². The second kappa shape index (κ2) is 5.64. The fourth-order valence-corrected chi connectivity index (χ4v) is 2.65. The van der Waals surface area contributed by atoms with Gasteiger partial charge in [0.25, 0.3) is 0 Å². The molecule has 0 saturated heterocycles. The second-order valence-electron chi connectivity index (χ2n) is 4.18. The summed E-state index contributed by atoms with van der Waals surface area (Å²) in [5.41, 5.74) is 1.42. The molecule has 2 rings (SSSR count). The highest BCUT2D eigenvalue weighted by Gasteiger charge is 2.21. The number of sulfonamides is 1. The number of rotatable bonds is 4. The van der Waals surface area contributed by atoms with Gasteiger partial charge in [-0.15, -0.1) is 0 Å². The molecule has 20 heavy (non-hydrogen) atoms. The van der Waals surface area contributed by atoms with E-state index in [9.17, 15) is 17.2 Å². The summed E-state index contributed by atoms with van der Waals surface area (Å²) in [6.45, 7) is 1.75. The smallest absolute Gasteiger partial charge is 0.243 e. The first-order valence-corrected chi connectivity index (χ1v) is 7.23. The normalized spacial score (nSPS) is 11.6. The number of pyridine rings is 1. The third-order valence-electron chi connectivity index (χ3n) is 2.64. The van der Waals surface area contributed by atoms with Crippen molar-refractivity contribution >= 4 is 10.0 Å². The highest BCUT2D eigenvalue weighted by molar-refractivity contribution is 7.89. The third kappa shape index (κ3) is 3.17. The molecule has 0 unspecified atom stereocenters. The van der Waals surface area contributed by atoms with Gasteiger partial charge in [-0.05, 0) is 30.7 Å². The largest absolute Gasteiger partial charge is 0.261 e. The number of nitrogens with one attached hydrogen (secondary N) is 1. The summed E-state index contributed by atoms with van der Waals surface area (Å²) >= 11 is 0. The quantitative estimate of drug-likeness (QED) is 0.941. The molecule has 4 nitrogen and oxygen atoms in total. The Morgan fingerprint density at radius 2 is 1.95 bits per heavy atom. The van der Waals surface area contributed by atoms with Crippen LogP contribution in [0.1, 0.15) is 11.3 Å². The summed E-state index contributed by atoms with van der Waals surface area (Å²) < 4.78 is 52.5. The minimum atomic E-state index is -4.11. The average molecular weight is 298 g/mol. The van der Waals surface area contributed by atoms with Crippen LogP contribution in [0, 0.1) is 18.6 Å². The number of halogens is 2. The maximum absolute atomic E-state index is 13.5. The zero-order valence-corrected chi connectivity index (χ0v) is 11.4. The van der Waals surface area contributed by atoms with Crippen LogP contribution in [-0.4, -0.2) is 13.4 Å². The standard InChI is InChI=1S/C13H12F2N2O2S/c1-9-5-6-10(7-16-9)8-17-20(18,19)12-4-2-3-11(14)13(12)15/h2-7,17H,8H2,1H3. The van der Waals surface area contributed by atoms with Gasteiger partial charge in [-0.3, -0.25) is 4.98 Å². The van der Waals surface area contributed by atoms with E-state index in [1.807, 2.05) is 0 Å². The molecule has 0 spiro atoms. The second-order valence-corrected chi connectivity index (χ2v) is 5.92. The van der Waals surface area contributed by atoms with Gasteiger partial charge < -0.3 is 0 Å². The summed E-state index contributed by atoms with van der Waals surface area (Å²) in [7, 11) is -4.11. The van der Waals surface area contributed by atoms with Crippen LogP contribution in [0.15, 0.2) is 41.4 Å². The van der Waals surface area contributed by atoms with Gasteiger partial charge in [0.05, 0.1) is 0 Å².